The van der Waals surface area contributed by atoms with Gasteiger partial charge in [-0.2, -0.15) is 0 Å². The van der Waals surface area contributed by atoms with Crippen LogP contribution in [0.2, 0.25) is 0 Å². The lowest BCUT2D eigenvalue weighted by Crippen LogP contribution is -2.45. The average molecular weight is 556 g/mol. The number of ether oxygens (including phenoxy) is 1. The van der Waals surface area contributed by atoms with Gasteiger partial charge in [-0.05, 0) is 87.7 Å². The predicted octanol–water partition coefficient (Wildman–Crippen LogP) is 5.71. The van der Waals surface area contributed by atoms with Gasteiger partial charge in [-0.25, -0.2) is 14.4 Å². The van der Waals surface area contributed by atoms with Crippen LogP contribution in [0.15, 0.2) is 65.2 Å². The lowest BCUT2D eigenvalue weighted by molar-refractivity contribution is 0.0644. The number of rotatable bonds is 7. The third-order valence-corrected chi connectivity index (χ3v) is 8.08. The van der Waals surface area contributed by atoms with Crippen molar-refractivity contribution in [3.63, 3.8) is 0 Å². The summed E-state index contributed by atoms with van der Waals surface area (Å²) >= 11 is 0. The van der Waals surface area contributed by atoms with Gasteiger partial charge in [0.1, 0.15) is 23.9 Å². The molecule has 2 aliphatic heterocycles. The number of hydrogen-bond donors (Lipinski definition) is 1. The number of aryl methyl sites for hydroxylation is 1. The largest absolute Gasteiger partial charge is 0.483 e. The van der Waals surface area contributed by atoms with Gasteiger partial charge in [0.25, 0.3) is 5.91 Å². The molecule has 2 aliphatic rings. The van der Waals surface area contributed by atoms with Crippen LogP contribution in [0.4, 0.5) is 10.2 Å². The summed E-state index contributed by atoms with van der Waals surface area (Å²) in [4.78, 5) is 26.5. The number of pyridine rings is 1. The fourth-order valence-electron chi connectivity index (χ4n) is 5.71. The Labute approximate surface area is 239 Å². The summed E-state index contributed by atoms with van der Waals surface area (Å²) < 4.78 is 25.3. The van der Waals surface area contributed by atoms with Gasteiger partial charge in [0.2, 0.25) is 5.89 Å². The van der Waals surface area contributed by atoms with Crippen molar-refractivity contribution < 1.29 is 18.3 Å². The molecule has 0 radical (unpaired) electrons. The molecule has 0 atom stereocenters. The van der Waals surface area contributed by atoms with Crippen LogP contribution in [0.3, 0.4) is 0 Å². The fourth-order valence-corrected chi connectivity index (χ4v) is 5.71. The molecule has 0 aliphatic carbocycles. The molecular weight excluding hydrogens is 521 g/mol. The Hall–Kier alpha value is -4.24. The molecule has 2 fully saturated rings. The van der Waals surface area contributed by atoms with Crippen molar-refractivity contribution in [1.82, 2.24) is 19.8 Å². The van der Waals surface area contributed by atoms with Gasteiger partial charge in [-0.1, -0.05) is 18.2 Å². The van der Waals surface area contributed by atoms with Crippen molar-refractivity contribution in [2.45, 2.75) is 45.3 Å². The number of anilines is 1. The predicted molar refractivity (Wildman–Crippen MR) is 155 cm³/mol. The normalized spacial score (nSPS) is 16.3. The maximum Gasteiger partial charge on any atom is 0.253 e. The van der Waals surface area contributed by atoms with Crippen LogP contribution in [0.5, 0.6) is 5.75 Å². The maximum atomic E-state index is 13.6. The van der Waals surface area contributed by atoms with E-state index in [9.17, 15) is 9.18 Å². The Balaban J connectivity index is 1.10. The smallest absolute Gasteiger partial charge is 0.253 e. The molecule has 0 saturated carbocycles. The summed E-state index contributed by atoms with van der Waals surface area (Å²) in [6.45, 7) is 5.90. The van der Waals surface area contributed by atoms with Gasteiger partial charge < -0.3 is 24.7 Å². The van der Waals surface area contributed by atoms with Crippen molar-refractivity contribution in [3.05, 3.63) is 83.6 Å². The van der Waals surface area contributed by atoms with Crippen molar-refractivity contribution in [2.24, 2.45) is 0 Å². The fraction of sp³-hybridized carbons (Fsp3) is 0.344. The number of aromatic nitrogens is 2. The lowest BCUT2D eigenvalue weighted by atomic mass is 10.0. The van der Waals surface area contributed by atoms with Crippen molar-refractivity contribution >= 4 is 11.7 Å². The third kappa shape index (κ3) is 5.95. The SMILES string of the molecule is Cc1oc(-c2cccc(F)c2)nc1COc1cc(-c2ccc(C(=O)N3CCC(N4CCCC4)CC3)cc2)cnc1N. The molecule has 41 heavy (non-hydrogen) atoms. The number of carbonyl (C=O) groups excluding carboxylic acids is 1. The molecule has 2 N–H and O–H groups in total. The zero-order valence-electron chi connectivity index (χ0n) is 23.2. The first kappa shape index (κ1) is 27.0. The number of piperidine rings is 1. The minimum atomic E-state index is -0.359. The van der Waals surface area contributed by atoms with E-state index in [1.165, 1.54) is 38.1 Å². The number of carbonyl (C=O) groups is 1. The van der Waals surface area contributed by atoms with Crippen LogP contribution in [-0.2, 0) is 6.61 Å². The second-order valence-electron chi connectivity index (χ2n) is 10.8. The molecule has 4 heterocycles. The minimum absolute atomic E-state index is 0.0801. The highest BCUT2D eigenvalue weighted by atomic mass is 19.1. The van der Waals surface area contributed by atoms with E-state index in [0.717, 1.165) is 37.1 Å². The molecule has 8 nitrogen and oxygen atoms in total. The van der Waals surface area contributed by atoms with Crippen LogP contribution in [-0.4, -0.2) is 57.9 Å². The second-order valence-corrected chi connectivity index (χ2v) is 10.8. The van der Waals surface area contributed by atoms with E-state index in [0.29, 0.717) is 40.3 Å². The molecule has 0 bridgehead atoms. The highest BCUT2D eigenvalue weighted by Crippen LogP contribution is 2.30. The Kier molecular flexibility index (Phi) is 7.69. The summed E-state index contributed by atoms with van der Waals surface area (Å²) in [5.74, 6) is 1.29. The Morgan fingerprint density at radius 1 is 1.02 bits per heavy atom. The van der Waals surface area contributed by atoms with E-state index in [2.05, 4.69) is 14.9 Å². The quantitative estimate of drug-likeness (QED) is 0.312. The van der Waals surface area contributed by atoms with Crippen LogP contribution in [0.25, 0.3) is 22.6 Å². The first-order valence-corrected chi connectivity index (χ1v) is 14.2. The molecule has 212 valence electrons. The summed E-state index contributed by atoms with van der Waals surface area (Å²) in [5.41, 5.74) is 9.64. The van der Waals surface area contributed by atoms with E-state index >= 15 is 0 Å². The van der Waals surface area contributed by atoms with E-state index in [1.807, 2.05) is 35.2 Å². The number of halogens is 1. The van der Waals surface area contributed by atoms with Crippen LogP contribution < -0.4 is 10.5 Å². The van der Waals surface area contributed by atoms with Gasteiger partial charge in [0.15, 0.2) is 11.6 Å². The number of likely N-dealkylation sites (tertiary alicyclic amines) is 2. The third-order valence-electron chi connectivity index (χ3n) is 8.08. The number of nitrogen functional groups attached to an aromatic ring is 1. The van der Waals surface area contributed by atoms with Crippen LogP contribution in [0.1, 0.15) is 47.5 Å². The van der Waals surface area contributed by atoms with Gasteiger partial charge in [-0.3, -0.25) is 4.79 Å². The summed E-state index contributed by atoms with van der Waals surface area (Å²) in [6.07, 6.45) is 6.37. The lowest BCUT2D eigenvalue weighted by Gasteiger charge is -2.36. The number of nitrogens with zero attached hydrogens (tertiary/aromatic N) is 4. The summed E-state index contributed by atoms with van der Waals surface area (Å²) in [6, 6.07) is 16.1. The number of amides is 1. The Bertz CT molecular complexity index is 1520. The Morgan fingerprint density at radius 3 is 2.51 bits per heavy atom. The average Bonchev–Trinajstić information content (AvgIpc) is 3.67. The summed E-state index contributed by atoms with van der Waals surface area (Å²) in [5, 5.41) is 0. The van der Waals surface area contributed by atoms with Gasteiger partial charge in [0, 0.05) is 42.0 Å². The zero-order valence-corrected chi connectivity index (χ0v) is 23.2. The molecule has 4 aromatic rings. The summed E-state index contributed by atoms with van der Waals surface area (Å²) in [7, 11) is 0. The molecule has 0 spiro atoms. The second kappa shape index (κ2) is 11.7. The van der Waals surface area contributed by atoms with E-state index in [4.69, 9.17) is 14.9 Å². The van der Waals surface area contributed by atoms with E-state index < -0.39 is 0 Å². The molecule has 0 unspecified atom stereocenters. The van der Waals surface area contributed by atoms with Crippen molar-refractivity contribution in [3.8, 4) is 28.3 Å². The number of hydrogen-bond acceptors (Lipinski definition) is 7. The molecular formula is C32H34FN5O3. The van der Waals surface area contributed by atoms with E-state index in [1.54, 1.807) is 25.3 Å². The standard InChI is InChI=1S/C32H34FN5O3/c1-21-28(36-31(41-21)24-5-4-6-26(33)17-24)20-40-29-18-25(19-35-30(29)34)22-7-9-23(10-8-22)32(39)38-15-11-27(12-16-38)37-13-2-3-14-37/h4-10,17-19,27H,2-3,11-16,20H2,1H3,(H2,34,35). The van der Waals surface area contributed by atoms with Crippen molar-refractivity contribution in [2.75, 3.05) is 31.9 Å². The first-order chi connectivity index (χ1) is 19.9. The zero-order chi connectivity index (χ0) is 28.3. The van der Waals surface area contributed by atoms with Gasteiger partial charge in [0.05, 0.1) is 0 Å². The molecule has 2 aromatic carbocycles. The first-order valence-electron chi connectivity index (χ1n) is 14.2. The van der Waals surface area contributed by atoms with Gasteiger partial charge in [-0.15, -0.1) is 0 Å². The van der Waals surface area contributed by atoms with Crippen LogP contribution in [0, 0.1) is 12.7 Å². The minimum Gasteiger partial charge on any atom is -0.483 e. The molecule has 2 aromatic heterocycles. The van der Waals surface area contributed by atoms with E-state index in [-0.39, 0.29) is 24.1 Å². The topological polar surface area (TPSA) is 97.7 Å². The number of benzene rings is 2. The van der Waals surface area contributed by atoms with Crippen molar-refractivity contribution in [1.29, 1.82) is 0 Å². The number of nitrogens with two attached hydrogens (primary N) is 1. The molecule has 9 heteroatoms. The number of oxazole rings is 1. The van der Waals surface area contributed by atoms with Gasteiger partial charge >= 0.3 is 0 Å². The highest BCUT2D eigenvalue weighted by molar-refractivity contribution is 5.94. The molecule has 1 amide bonds. The monoisotopic (exact) mass is 555 g/mol. The molecule has 2 saturated heterocycles. The van der Waals surface area contributed by atoms with Crippen LogP contribution >= 0.6 is 0 Å². The Morgan fingerprint density at radius 2 is 1.78 bits per heavy atom. The highest BCUT2D eigenvalue weighted by Gasteiger charge is 2.28. The molecule has 6 rings (SSSR count). The maximum absolute atomic E-state index is 13.6.